The van der Waals surface area contributed by atoms with E-state index in [2.05, 4.69) is 49.8 Å². The van der Waals surface area contributed by atoms with E-state index in [1.807, 2.05) is 0 Å². The van der Waals surface area contributed by atoms with Crippen LogP contribution in [0.15, 0.2) is 17.2 Å². The Bertz CT molecular complexity index is 445. The van der Waals surface area contributed by atoms with Crippen LogP contribution >= 0.6 is 0 Å². The van der Waals surface area contributed by atoms with E-state index in [-0.39, 0.29) is 5.56 Å². The van der Waals surface area contributed by atoms with E-state index in [4.69, 9.17) is 0 Å². The van der Waals surface area contributed by atoms with E-state index in [0.717, 1.165) is 26.1 Å². The molecule has 0 saturated carbocycles. The Balaban J connectivity index is 2.62. The zero-order valence-electron chi connectivity index (χ0n) is 13.4. The van der Waals surface area contributed by atoms with E-state index in [1.54, 1.807) is 17.0 Å². The molecular weight excluding hydrogens is 252 g/mol. The summed E-state index contributed by atoms with van der Waals surface area (Å²) in [6, 6.07) is 0.995. The van der Waals surface area contributed by atoms with Crippen LogP contribution in [0.25, 0.3) is 0 Å². The topological polar surface area (TPSA) is 50.2 Å². The molecule has 0 bridgehead atoms. The fraction of sp³-hybridized carbons (Fsp3) is 0.733. The molecule has 0 saturated heterocycles. The van der Waals surface area contributed by atoms with Gasteiger partial charge in [-0.25, -0.2) is 4.98 Å². The summed E-state index contributed by atoms with van der Waals surface area (Å²) >= 11 is 0. The highest BCUT2D eigenvalue weighted by molar-refractivity contribution is 5.30. The zero-order valence-corrected chi connectivity index (χ0v) is 13.4. The van der Waals surface area contributed by atoms with Gasteiger partial charge in [0.1, 0.15) is 0 Å². The third kappa shape index (κ3) is 4.63. The molecule has 0 unspecified atom stereocenters. The van der Waals surface area contributed by atoms with Crippen LogP contribution in [0.4, 0.5) is 5.82 Å². The molecule has 0 radical (unpaired) electrons. The van der Waals surface area contributed by atoms with Crippen LogP contribution in [0, 0.1) is 0 Å². The quantitative estimate of drug-likeness (QED) is 0.793. The highest BCUT2D eigenvalue weighted by Gasteiger charge is 2.13. The first-order valence-corrected chi connectivity index (χ1v) is 7.52. The van der Waals surface area contributed by atoms with E-state index in [9.17, 15) is 4.79 Å². The molecular formula is C15H28N4O. The van der Waals surface area contributed by atoms with Gasteiger partial charge >= 0.3 is 0 Å². The average molecular weight is 280 g/mol. The van der Waals surface area contributed by atoms with Crippen LogP contribution in [0.2, 0.25) is 0 Å². The van der Waals surface area contributed by atoms with Gasteiger partial charge in [0.05, 0.1) is 0 Å². The van der Waals surface area contributed by atoms with Crippen molar-refractivity contribution < 1.29 is 0 Å². The summed E-state index contributed by atoms with van der Waals surface area (Å²) in [5, 5.41) is 3.17. The van der Waals surface area contributed by atoms with Crippen molar-refractivity contribution >= 4 is 5.82 Å². The molecule has 1 aromatic rings. The summed E-state index contributed by atoms with van der Waals surface area (Å²) in [4.78, 5) is 18.7. The average Bonchev–Trinajstić information content (AvgIpc) is 2.38. The third-order valence-corrected chi connectivity index (χ3v) is 3.37. The third-order valence-electron chi connectivity index (χ3n) is 3.37. The van der Waals surface area contributed by atoms with E-state index < -0.39 is 0 Å². The van der Waals surface area contributed by atoms with Gasteiger partial charge in [-0.1, -0.05) is 6.92 Å². The maximum absolute atomic E-state index is 12.1. The van der Waals surface area contributed by atoms with E-state index in [1.165, 1.54) is 0 Å². The van der Waals surface area contributed by atoms with Gasteiger partial charge in [0.2, 0.25) is 0 Å². The number of hydrogen-bond donors (Lipinski definition) is 1. The maximum atomic E-state index is 12.1. The summed E-state index contributed by atoms with van der Waals surface area (Å²) in [6.45, 7) is 13.2. The Labute approximate surface area is 122 Å². The lowest BCUT2D eigenvalue weighted by Gasteiger charge is -2.30. The molecule has 0 aromatic carbocycles. The van der Waals surface area contributed by atoms with Gasteiger partial charge in [-0.2, -0.15) is 0 Å². The molecule has 1 rings (SSSR count). The molecule has 0 aliphatic carbocycles. The molecule has 1 aromatic heterocycles. The van der Waals surface area contributed by atoms with Crippen molar-refractivity contribution in [2.75, 3.05) is 18.4 Å². The smallest absolute Gasteiger partial charge is 0.293 e. The molecule has 0 aliphatic rings. The molecule has 0 amide bonds. The standard InChI is InChI=1S/C15H28N4O/c1-6-9-18-10-7-16-14(15(18)20)17-8-11-19(12(2)3)13(4)5/h7,10,12-13H,6,8-9,11H2,1-5H3,(H,16,17). The lowest BCUT2D eigenvalue weighted by Crippen LogP contribution is -2.40. The normalized spacial score (nSPS) is 11.6. The minimum atomic E-state index is -0.0324. The molecule has 0 spiro atoms. The highest BCUT2D eigenvalue weighted by Crippen LogP contribution is 2.04. The van der Waals surface area contributed by atoms with Crippen molar-refractivity contribution in [2.24, 2.45) is 0 Å². The lowest BCUT2D eigenvalue weighted by atomic mass is 10.2. The Morgan fingerprint density at radius 1 is 1.30 bits per heavy atom. The minimum absolute atomic E-state index is 0.0324. The number of anilines is 1. The molecule has 5 heteroatoms. The van der Waals surface area contributed by atoms with Crippen LogP contribution in [-0.4, -0.2) is 39.6 Å². The van der Waals surface area contributed by atoms with Crippen molar-refractivity contribution in [1.82, 2.24) is 14.5 Å². The Morgan fingerprint density at radius 2 is 1.95 bits per heavy atom. The van der Waals surface area contributed by atoms with Crippen molar-refractivity contribution in [2.45, 2.75) is 59.7 Å². The van der Waals surface area contributed by atoms with Crippen LogP contribution in [0.1, 0.15) is 41.0 Å². The first kappa shape index (κ1) is 16.7. The second-order valence-electron chi connectivity index (χ2n) is 5.63. The largest absolute Gasteiger partial charge is 0.364 e. The molecule has 20 heavy (non-hydrogen) atoms. The van der Waals surface area contributed by atoms with Crippen LogP contribution in [0.3, 0.4) is 0 Å². The van der Waals surface area contributed by atoms with Gasteiger partial charge in [0.25, 0.3) is 5.56 Å². The molecule has 0 fully saturated rings. The summed E-state index contributed by atoms with van der Waals surface area (Å²) < 4.78 is 1.71. The molecule has 0 atom stereocenters. The molecule has 1 N–H and O–H groups in total. The number of aryl methyl sites for hydroxylation is 1. The van der Waals surface area contributed by atoms with E-state index in [0.29, 0.717) is 17.9 Å². The predicted octanol–water partition coefficient (Wildman–Crippen LogP) is 2.18. The van der Waals surface area contributed by atoms with E-state index >= 15 is 0 Å². The number of nitrogens with zero attached hydrogens (tertiary/aromatic N) is 3. The lowest BCUT2D eigenvalue weighted by molar-refractivity contribution is 0.182. The zero-order chi connectivity index (χ0) is 15.1. The highest BCUT2D eigenvalue weighted by atomic mass is 16.1. The van der Waals surface area contributed by atoms with Gasteiger partial charge in [-0.15, -0.1) is 0 Å². The Morgan fingerprint density at radius 3 is 2.50 bits per heavy atom. The summed E-state index contributed by atoms with van der Waals surface area (Å²) in [7, 11) is 0. The Kier molecular flexibility index (Phi) is 6.71. The number of aromatic nitrogens is 2. The van der Waals surface area contributed by atoms with Crippen molar-refractivity contribution in [3.8, 4) is 0 Å². The SMILES string of the molecule is CCCn1ccnc(NCCN(C(C)C)C(C)C)c1=O. The number of rotatable bonds is 8. The minimum Gasteiger partial charge on any atom is -0.364 e. The molecule has 114 valence electrons. The molecule has 5 nitrogen and oxygen atoms in total. The first-order valence-electron chi connectivity index (χ1n) is 7.52. The van der Waals surface area contributed by atoms with Gasteiger partial charge in [0, 0.05) is 44.1 Å². The van der Waals surface area contributed by atoms with Gasteiger partial charge < -0.3 is 9.88 Å². The van der Waals surface area contributed by atoms with Crippen LogP contribution in [-0.2, 0) is 6.54 Å². The number of nitrogens with one attached hydrogen (secondary N) is 1. The van der Waals surface area contributed by atoms with Crippen molar-refractivity contribution in [3.63, 3.8) is 0 Å². The summed E-state index contributed by atoms with van der Waals surface area (Å²) in [5.74, 6) is 0.452. The molecule has 0 aliphatic heterocycles. The first-order chi connectivity index (χ1) is 9.47. The fourth-order valence-electron chi connectivity index (χ4n) is 2.40. The second-order valence-corrected chi connectivity index (χ2v) is 5.63. The summed E-state index contributed by atoms with van der Waals surface area (Å²) in [6.07, 6.45) is 4.37. The van der Waals surface area contributed by atoms with Crippen molar-refractivity contribution in [1.29, 1.82) is 0 Å². The van der Waals surface area contributed by atoms with Gasteiger partial charge in [-0.05, 0) is 34.1 Å². The summed E-state index contributed by atoms with van der Waals surface area (Å²) in [5.41, 5.74) is -0.0324. The Hall–Kier alpha value is -1.36. The fourth-order valence-corrected chi connectivity index (χ4v) is 2.40. The van der Waals surface area contributed by atoms with Gasteiger partial charge in [-0.3, -0.25) is 9.69 Å². The van der Waals surface area contributed by atoms with Crippen molar-refractivity contribution in [3.05, 3.63) is 22.7 Å². The number of hydrogen-bond acceptors (Lipinski definition) is 4. The van der Waals surface area contributed by atoms with Gasteiger partial charge in [0.15, 0.2) is 5.82 Å². The second kappa shape index (κ2) is 8.04. The monoisotopic (exact) mass is 280 g/mol. The molecule has 1 heterocycles. The van der Waals surface area contributed by atoms with Crippen LogP contribution in [0.5, 0.6) is 0 Å². The predicted molar refractivity (Wildman–Crippen MR) is 84.3 cm³/mol. The maximum Gasteiger partial charge on any atom is 0.293 e. The van der Waals surface area contributed by atoms with Crippen LogP contribution < -0.4 is 10.9 Å².